The van der Waals surface area contributed by atoms with E-state index in [-0.39, 0.29) is 6.04 Å². The number of hydrogen-bond donors (Lipinski definition) is 1. The van der Waals surface area contributed by atoms with Crippen LogP contribution in [0.3, 0.4) is 0 Å². The van der Waals surface area contributed by atoms with E-state index in [1.165, 1.54) is 5.56 Å². The van der Waals surface area contributed by atoms with Crippen LogP contribution >= 0.6 is 0 Å². The number of nitrogens with zero attached hydrogens (tertiary/aromatic N) is 1. The molecule has 0 bridgehead atoms. The van der Waals surface area contributed by atoms with Crippen molar-refractivity contribution in [2.75, 3.05) is 6.61 Å². The van der Waals surface area contributed by atoms with E-state index in [2.05, 4.69) is 6.07 Å². The zero-order valence-electron chi connectivity index (χ0n) is 9.49. The van der Waals surface area contributed by atoms with Gasteiger partial charge in [-0.2, -0.15) is 5.26 Å². The summed E-state index contributed by atoms with van der Waals surface area (Å²) >= 11 is 0. The lowest BCUT2D eigenvalue weighted by Crippen LogP contribution is -2.17. The number of nitriles is 1. The van der Waals surface area contributed by atoms with Gasteiger partial charge >= 0.3 is 0 Å². The first-order valence-electron chi connectivity index (χ1n) is 5.61. The van der Waals surface area contributed by atoms with E-state index in [0.717, 1.165) is 36.3 Å². The SMILES string of the molecule is Cc1ccc(C(N)CC#N)c2c1OCCC2. The molecule has 0 aliphatic carbocycles. The van der Waals surface area contributed by atoms with Crippen molar-refractivity contribution in [2.24, 2.45) is 5.73 Å². The van der Waals surface area contributed by atoms with Crippen molar-refractivity contribution < 1.29 is 4.74 Å². The van der Waals surface area contributed by atoms with E-state index < -0.39 is 0 Å². The van der Waals surface area contributed by atoms with Crippen molar-refractivity contribution in [2.45, 2.75) is 32.2 Å². The molecule has 3 nitrogen and oxygen atoms in total. The van der Waals surface area contributed by atoms with Gasteiger partial charge < -0.3 is 10.5 Å². The molecule has 0 saturated carbocycles. The van der Waals surface area contributed by atoms with Gasteiger partial charge in [-0.25, -0.2) is 0 Å². The quantitative estimate of drug-likeness (QED) is 0.824. The summed E-state index contributed by atoms with van der Waals surface area (Å²) in [7, 11) is 0. The van der Waals surface area contributed by atoms with E-state index in [0.29, 0.717) is 6.42 Å². The van der Waals surface area contributed by atoms with Gasteiger partial charge in [0, 0.05) is 6.04 Å². The molecule has 1 aromatic carbocycles. The largest absolute Gasteiger partial charge is 0.493 e. The third-order valence-electron chi connectivity index (χ3n) is 3.02. The van der Waals surface area contributed by atoms with Crippen molar-refractivity contribution in [1.29, 1.82) is 5.26 Å². The summed E-state index contributed by atoms with van der Waals surface area (Å²) in [6.45, 7) is 2.83. The highest BCUT2D eigenvalue weighted by molar-refractivity contribution is 5.48. The van der Waals surface area contributed by atoms with Crippen molar-refractivity contribution in [1.82, 2.24) is 0 Å². The Hall–Kier alpha value is -1.53. The summed E-state index contributed by atoms with van der Waals surface area (Å²) in [5.74, 6) is 0.983. The Balaban J connectivity index is 2.43. The molecule has 1 aliphatic rings. The maximum absolute atomic E-state index is 8.70. The standard InChI is InChI=1S/C13H16N2O/c1-9-4-5-10(12(15)6-7-14)11-3-2-8-16-13(9)11/h4-5,12H,2-3,6,8,15H2,1H3. The molecule has 84 valence electrons. The lowest BCUT2D eigenvalue weighted by Gasteiger charge is -2.24. The van der Waals surface area contributed by atoms with E-state index in [4.69, 9.17) is 15.7 Å². The minimum atomic E-state index is -0.193. The average Bonchev–Trinajstić information content (AvgIpc) is 2.30. The fourth-order valence-corrected chi connectivity index (χ4v) is 2.20. The number of ether oxygens (including phenoxy) is 1. The summed E-state index contributed by atoms with van der Waals surface area (Å²) in [6.07, 6.45) is 2.39. The molecule has 1 aliphatic heterocycles. The molecule has 0 amide bonds. The predicted molar refractivity (Wildman–Crippen MR) is 62.2 cm³/mol. The third kappa shape index (κ3) is 1.89. The Morgan fingerprint density at radius 1 is 1.56 bits per heavy atom. The van der Waals surface area contributed by atoms with E-state index in [1.54, 1.807) is 0 Å². The topological polar surface area (TPSA) is 59.0 Å². The second-order valence-electron chi connectivity index (χ2n) is 4.20. The lowest BCUT2D eigenvalue weighted by atomic mass is 9.92. The number of rotatable bonds is 2. The minimum absolute atomic E-state index is 0.193. The van der Waals surface area contributed by atoms with Gasteiger partial charge in [0.05, 0.1) is 19.1 Å². The maximum Gasteiger partial charge on any atom is 0.125 e. The van der Waals surface area contributed by atoms with Crippen LogP contribution in [0.5, 0.6) is 5.75 Å². The Morgan fingerprint density at radius 2 is 2.38 bits per heavy atom. The molecule has 0 radical (unpaired) electrons. The number of fused-ring (bicyclic) bond motifs is 1. The highest BCUT2D eigenvalue weighted by Gasteiger charge is 2.19. The van der Waals surface area contributed by atoms with E-state index >= 15 is 0 Å². The van der Waals surface area contributed by atoms with Gasteiger partial charge in [-0.15, -0.1) is 0 Å². The molecule has 2 N–H and O–H groups in total. The van der Waals surface area contributed by atoms with Crippen molar-refractivity contribution in [3.8, 4) is 11.8 Å². The molecule has 1 unspecified atom stereocenters. The Morgan fingerprint density at radius 3 is 3.12 bits per heavy atom. The van der Waals surface area contributed by atoms with Crippen LogP contribution in [0, 0.1) is 18.3 Å². The molecular formula is C13H16N2O. The van der Waals surface area contributed by atoms with Crippen molar-refractivity contribution in [3.63, 3.8) is 0 Å². The Labute approximate surface area is 95.8 Å². The maximum atomic E-state index is 8.70. The van der Waals surface area contributed by atoms with Crippen LogP contribution in [0.4, 0.5) is 0 Å². The second kappa shape index (κ2) is 4.54. The normalized spacial score (nSPS) is 15.8. The molecule has 16 heavy (non-hydrogen) atoms. The van der Waals surface area contributed by atoms with Crippen molar-refractivity contribution >= 4 is 0 Å². The van der Waals surface area contributed by atoms with Crippen LogP contribution in [0.25, 0.3) is 0 Å². The van der Waals surface area contributed by atoms with Crippen LogP contribution in [-0.4, -0.2) is 6.61 Å². The number of hydrogen-bond acceptors (Lipinski definition) is 3. The molecule has 1 heterocycles. The third-order valence-corrected chi connectivity index (χ3v) is 3.02. The molecule has 3 heteroatoms. The molecular weight excluding hydrogens is 200 g/mol. The highest BCUT2D eigenvalue weighted by Crippen LogP contribution is 2.34. The van der Waals surface area contributed by atoms with Gasteiger partial charge in [-0.05, 0) is 36.5 Å². The molecule has 0 fully saturated rings. The zero-order valence-corrected chi connectivity index (χ0v) is 9.49. The predicted octanol–water partition coefficient (Wildman–Crippen LogP) is 2.23. The highest BCUT2D eigenvalue weighted by atomic mass is 16.5. The fraction of sp³-hybridized carbons (Fsp3) is 0.462. The summed E-state index contributed by atoms with van der Waals surface area (Å²) < 4.78 is 5.68. The number of benzene rings is 1. The van der Waals surface area contributed by atoms with Crippen LogP contribution in [-0.2, 0) is 6.42 Å². The summed E-state index contributed by atoms with van der Waals surface area (Å²) in [4.78, 5) is 0. The average molecular weight is 216 g/mol. The van der Waals surface area contributed by atoms with Gasteiger partial charge in [0.25, 0.3) is 0 Å². The van der Waals surface area contributed by atoms with Crippen LogP contribution in [0.2, 0.25) is 0 Å². The minimum Gasteiger partial charge on any atom is -0.493 e. The monoisotopic (exact) mass is 216 g/mol. The summed E-state index contributed by atoms with van der Waals surface area (Å²) in [5, 5.41) is 8.70. The van der Waals surface area contributed by atoms with Crippen molar-refractivity contribution in [3.05, 3.63) is 28.8 Å². The second-order valence-corrected chi connectivity index (χ2v) is 4.20. The molecule has 1 aromatic rings. The first-order chi connectivity index (χ1) is 7.74. The van der Waals surface area contributed by atoms with Crippen LogP contribution in [0.1, 0.15) is 35.6 Å². The molecule has 2 rings (SSSR count). The van der Waals surface area contributed by atoms with E-state index in [1.807, 2.05) is 19.1 Å². The number of aryl methyl sites for hydroxylation is 1. The number of nitrogens with two attached hydrogens (primary N) is 1. The van der Waals surface area contributed by atoms with E-state index in [9.17, 15) is 0 Å². The molecule has 0 aromatic heterocycles. The fourth-order valence-electron chi connectivity index (χ4n) is 2.20. The Bertz CT molecular complexity index is 434. The molecule has 0 spiro atoms. The summed E-state index contributed by atoms with van der Waals surface area (Å²) in [6, 6.07) is 5.99. The first kappa shape index (κ1) is 11.0. The lowest BCUT2D eigenvalue weighted by molar-refractivity contribution is 0.285. The van der Waals surface area contributed by atoms with Gasteiger partial charge in [-0.1, -0.05) is 12.1 Å². The first-order valence-corrected chi connectivity index (χ1v) is 5.61. The van der Waals surface area contributed by atoms with Gasteiger partial charge in [0.15, 0.2) is 0 Å². The summed E-state index contributed by atoms with van der Waals surface area (Å²) in [5.41, 5.74) is 9.43. The molecule has 0 saturated heterocycles. The Kier molecular flexibility index (Phi) is 3.12. The van der Waals surface area contributed by atoms with Gasteiger partial charge in [0.2, 0.25) is 0 Å². The van der Waals surface area contributed by atoms with Gasteiger partial charge in [-0.3, -0.25) is 0 Å². The smallest absolute Gasteiger partial charge is 0.125 e. The zero-order chi connectivity index (χ0) is 11.5. The van der Waals surface area contributed by atoms with Crippen LogP contribution in [0.15, 0.2) is 12.1 Å². The van der Waals surface area contributed by atoms with Gasteiger partial charge in [0.1, 0.15) is 5.75 Å². The molecule has 1 atom stereocenters. The van der Waals surface area contributed by atoms with Crippen LogP contribution < -0.4 is 10.5 Å².